The normalized spacial score (nSPS) is 23.2. The molecule has 2 aliphatic heterocycles. The number of rotatable bonds is 5. The third-order valence-electron chi connectivity index (χ3n) is 5.33. The van der Waals surface area contributed by atoms with Crippen LogP contribution < -0.4 is 0 Å². The van der Waals surface area contributed by atoms with Crippen molar-refractivity contribution in [1.29, 1.82) is 0 Å². The summed E-state index contributed by atoms with van der Waals surface area (Å²) in [6.45, 7) is 4.16. The second kappa shape index (κ2) is 8.25. The van der Waals surface area contributed by atoms with Gasteiger partial charge in [-0.05, 0) is 25.7 Å². The Labute approximate surface area is 148 Å². The van der Waals surface area contributed by atoms with Gasteiger partial charge in [-0.15, -0.1) is 10.2 Å². The summed E-state index contributed by atoms with van der Waals surface area (Å²) >= 11 is 0. The van der Waals surface area contributed by atoms with Crippen LogP contribution in [-0.4, -0.2) is 81.6 Å². The van der Waals surface area contributed by atoms with E-state index in [0.717, 1.165) is 63.5 Å². The minimum atomic E-state index is -0.163. The smallest absolute Gasteiger partial charge is 0.248 e. The number of carbonyl (C=O) groups is 1. The first-order valence-electron chi connectivity index (χ1n) is 9.13. The highest BCUT2D eigenvalue weighted by Crippen LogP contribution is 2.26. The Hall–Kier alpha value is -1.51. The fraction of sp³-hybridized carbons (Fsp3) is 0.824. The van der Waals surface area contributed by atoms with Gasteiger partial charge in [-0.1, -0.05) is 0 Å². The minimum Gasteiger partial charge on any atom is -0.393 e. The molecule has 1 amide bonds. The zero-order valence-electron chi connectivity index (χ0n) is 15.2. The standard InChI is InChI=1S/C17H29N5O3/c1-20-15(11-21-8-5-14(23)6-9-21)18-19-17(20)13-4-3-7-22(10-13)16(24)12-25-2/h13-14,23H,3-12H2,1-2H3/t13-/m1/s1. The fourth-order valence-corrected chi connectivity index (χ4v) is 3.78. The Bertz CT molecular complexity index is 583. The van der Waals surface area contributed by atoms with E-state index in [1.165, 1.54) is 0 Å². The molecule has 0 aromatic carbocycles. The Kier molecular flexibility index (Phi) is 6.03. The average molecular weight is 351 g/mol. The van der Waals surface area contributed by atoms with E-state index in [0.29, 0.717) is 6.54 Å². The number of amides is 1. The maximum Gasteiger partial charge on any atom is 0.248 e. The molecular weight excluding hydrogens is 322 g/mol. The van der Waals surface area contributed by atoms with E-state index < -0.39 is 0 Å². The molecule has 2 fully saturated rings. The molecule has 0 bridgehead atoms. The molecule has 2 saturated heterocycles. The molecule has 2 aliphatic rings. The van der Waals surface area contributed by atoms with Crippen LogP contribution in [0.3, 0.4) is 0 Å². The topological polar surface area (TPSA) is 83.7 Å². The van der Waals surface area contributed by atoms with Crippen LogP contribution in [0.25, 0.3) is 0 Å². The lowest BCUT2D eigenvalue weighted by molar-refractivity contribution is -0.136. The van der Waals surface area contributed by atoms with Gasteiger partial charge in [0.1, 0.15) is 18.3 Å². The number of aromatic nitrogens is 3. The van der Waals surface area contributed by atoms with Crippen LogP contribution >= 0.6 is 0 Å². The monoisotopic (exact) mass is 351 g/mol. The third kappa shape index (κ3) is 4.37. The van der Waals surface area contributed by atoms with E-state index in [2.05, 4.69) is 19.7 Å². The zero-order chi connectivity index (χ0) is 17.8. The Morgan fingerprint density at radius 3 is 2.72 bits per heavy atom. The second-order valence-corrected chi connectivity index (χ2v) is 7.15. The maximum atomic E-state index is 12.1. The molecule has 1 aromatic heterocycles. The number of ether oxygens (including phenoxy) is 1. The molecule has 0 unspecified atom stereocenters. The molecule has 8 nitrogen and oxygen atoms in total. The average Bonchev–Trinajstić information content (AvgIpc) is 2.98. The summed E-state index contributed by atoms with van der Waals surface area (Å²) in [5.41, 5.74) is 0. The van der Waals surface area contributed by atoms with E-state index in [9.17, 15) is 9.90 Å². The van der Waals surface area contributed by atoms with Crippen LogP contribution in [0.15, 0.2) is 0 Å². The number of aliphatic hydroxyl groups excluding tert-OH is 1. The van der Waals surface area contributed by atoms with Crippen LogP contribution in [0.1, 0.15) is 43.3 Å². The Morgan fingerprint density at radius 2 is 2.00 bits per heavy atom. The molecule has 0 saturated carbocycles. The molecule has 1 N–H and O–H groups in total. The SMILES string of the molecule is COCC(=O)N1CCC[C@@H](c2nnc(CN3CCC(O)CC3)n2C)C1. The quantitative estimate of drug-likeness (QED) is 0.811. The number of nitrogens with zero attached hydrogens (tertiary/aromatic N) is 5. The van der Waals surface area contributed by atoms with E-state index in [-0.39, 0.29) is 24.5 Å². The molecule has 3 heterocycles. The largest absolute Gasteiger partial charge is 0.393 e. The van der Waals surface area contributed by atoms with Crippen molar-refractivity contribution in [2.75, 3.05) is 39.9 Å². The number of hydrogen-bond donors (Lipinski definition) is 1. The van der Waals surface area contributed by atoms with Crippen LogP contribution in [-0.2, 0) is 23.1 Å². The van der Waals surface area contributed by atoms with E-state index in [4.69, 9.17) is 4.74 Å². The first-order valence-corrected chi connectivity index (χ1v) is 9.13. The van der Waals surface area contributed by atoms with Crippen LogP contribution in [0.5, 0.6) is 0 Å². The van der Waals surface area contributed by atoms with Gasteiger partial charge >= 0.3 is 0 Å². The van der Waals surface area contributed by atoms with Crippen molar-refractivity contribution in [3.05, 3.63) is 11.6 Å². The van der Waals surface area contributed by atoms with Gasteiger partial charge in [0, 0.05) is 46.3 Å². The lowest BCUT2D eigenvalue weighted by Gasteiger charge is -2.32. The van der Waals surface area contributed by atoms with Crippen molar-refractivity contribution in [1.82, 2.24) is 24.6 Å². The highest BCUT2D eigenvalue weighted by molar-refractivity contribution is 5.77. The minimum absolute atomic E-state index is 0.0430. The van der Waals surface area contributed by atoms with E-state index >= 15 is 0 Å². The van der Waals surface area contributed by atoms with Crippen molar-refractivity contribution < 1.29 is 14.6 Å². The van der Waals surface area contributed by atoms with Gasteiger partial charge in [0.2, 0.25) is 5.91 Å². The predicted octanol–water partition coefficient (Wildman–Crippen LogP) is 0.124. The Morgan fingerprint density at radius 1 is 1.24 bits per heavy atom. The molecule has 25 heavy (non-hydrogen) atoms. The molecule has 1 atom stereocenters. The predicted molar refractivity (Wildman–Crippen MR) is 92.0 cm³/mol. The van der Waals surface area contributed by atoms with Gasteiger partial charge in [-0.2, -0.15) is 0 Å². The van der Waals surface area contributed by atoms with Gasteiger partial charge in [-0.25, -0.2) is 0 Å². The molecule has 0 spiro atoms. The van der Waals surface area contributed by atoms with Gasteiger partial charge in [0.25, 0.3) is 0 Å². The lowest BCUT2D eigenvalue weighted by atomic mass is 9.97. The van der Waals surface area contributed by atoms with E-state index in [1.807, 2.05) is 11.9 Å². The molecule has 8 heteroatoms. The first kappa shape index (κ1) is 18.3. The summed E-state index contributed by atoms with van der Waals surface area (Å²) in [7, 11) is 3.56. The van der Waals surface area contributed by atoms with Gasteiger partial charge < -0.3 is 19.3 Å². The number of aliphatic hydroxyl groups is 1. The summed E-state index contributed by atoms with van der Waals surface area (Å²) in [6, 6.07) is 0. The van der Waals surface area contributed by atoms with Crippen molar-refractivity contribution in [2.24, 2.45) is 7.05 Å². The highest BCUT2D eigenvalue weighted by atomic mass is 16.5. The first-order chi connectivity index (χ1) is 12.1. The van der Waals surface area contributed by atoms with Crippen LogP contribution in [0, 0.1) is 0 Å². The highest BCUT2D eigenvalue weighted by Gasteiger charge is 2.28. The van der Waals surface area contributed by atoms with Crippen LogP contribution in [0.2, 0.25) is 0 Å². The molecular formula is C17H29N5O3. The number of methoxy groups -OCH3 is 1. The molecule has 0 aliphatic carbocycles. The molecule has 1 aromatic rings. The van der Waals surface area contributed by atoms with Crippen LogP contribution in [0.4, 0.5) is 0 Å². The summed E-state index contributed by atoms with van der Waals surface area (Å²) < 4.78 is 7.05. The zero-order valence-corrected chi connectivity index (χ0v) is 15.2. The number of carbonyl (C=O) groups excluding carboxylic acids is 1. The molecule has 140 valence electrons. The van der Waals surface area contributed by atoms with Crippen molar-refractivity contribution in [2.45, 2.75) is 44.2 Å². The summed E-state index contributed by atoms with van der Waals surface area (Å²) in [5.74, 6) is 2.18. The lowest BCUT2D eigenvalue weighted by Crippen LogP contribution is -2.41. The molecule has 3 rings (SSSR count). The van der Waals surface area contributed by atoms with Gasteiger partial charge in [-0.3, -0.25) is 9.69 Å². The maximum absolute atomic E-state index is 12.1. The fourth-order valence-electron chi connectivity index (χ4n) is 3.78. The van der Waals surface area contributed by atoms with Crippen molar-refractivity contribution >= 4 is 5.91 Å². The molecule has 0 radical (unpaired) electrons. The third-order valence-corrected chi connectivity index (χ3v) is 5.33. The second-order valence-electron chi connectivity index (χ2n) is 7.15. The number of likely N-dealkylation sites (tertiary alicyclic amines) is 2. The van der Waals surface area contributed by atoms with Crippen molar-refractivity contribution in [3.8, 4) is 0 Å². The van der Waals surface area contributed by atoms with Crippen molar-refractivity contribution in [3.63, 3.8) is 0 Å². The van der Waals surface area contributed by atoms with Gasteiger partial charge in [0.05, 0.1) is 12.6 Å². The van der Waals surface area contributed by atoms with Gasteiger partial charge in [0.15, 0.2) is 0 Å². The number of piperidine rings is 2. The number of hydrogen-bond acceptors (Lipinski definition) is 6. The summed E-state index contributed by atoms with van der Waals surface area (Å²) in [5, 5.41) is 18.4. The summed E-state index contributed by atoms with van der Waals surface area (Å²) in [6.07, 6.45) is 3.49. The van der Waals surface area contributed by atoms with E-state index in [1.54, 1.807) is 7.11 Å². The summed E-state index contributed by atoms with van der Waals surface area (Å²) in [4.78, 5) is 16.3. The Balaban J connectivity index is 1.63.